The smallest absolute Gasteiger partial charge is 0.303 e. The van der Waals surface area contributed by atoms with Crippen LogP contribution < -0.4 is 5.32 Å². The molecule has 0 unspecified atom stereocenters. The molecule has 1 rings (SSSR count). The lowest BCUT2D eigenvalue weighted by Crippen LogP contribution is -2.24. The predicted octanol–water partition coefficient (Wildman–Crippen LogP) is 3.19. The van der Waals surface area contributed by atoms with Crippen LogP contribution in [0.5, 0.6) is 0 Å². The first-order valence-corrected chi connectivity index (χ1v) is 6.85. The summed E-state index contributed by atoms with van der Waals surface area (Å²) < 4.78 is 0.512. The van der Waals surface area contributed by atoms with Gasteiger partial charge in [0, 0.05) is 23.0 Å². The van der Waals surface area contributed by atoms with Gasteiger partial charge in [0.05, 0.1) is 17.0 Å². The van der Waals surface area contributed by atoms with Gasteiger partial charge in [-0.15, -0.1) is 0 Å². The summed E-state index contributed by atoms with van der Waals surface area (Å²) in [5.41, 5.74) is -0.568. The molecule has 0 heterocycles. The normalized spacial score (nSPS) is 11.0. The van der Waals surface area contributed by atoms with Gasteiger partial charge in [-0.3, -0.25) is 19.7 Å². The van der Waals surface area contributed by atoms with Crippen molar-refractivity contribution in [1.29, 1.82) is 0 Å². The standard InChI is InChI=1S/C13H15BrN2O5/c1-13(2,7-12(18)19)6-11(17)15-10-5-8(16(20)21)3-4-9(10)14/h3-5H,6-7H2,1-2H3,(H,15,17)(H,18,19). The molecule has 0 fully saturated rings. The molecule has 0 spiro atoms. The van der Waals surface area contributed by atoms with Crippen LogP contribution in [0, 0.1) is 15.5 Å². The average Bonchev–Trinajstić information content (AvgIpc) is 2.28. The summed E-state index contributed by atoms with van der Waals surface area (Å²) >= 11 is 3.20. The number of nitrogens with one attached hydrogen (secondary N) is 1. The Morgan fingerprint density at radius 2 is 2.00 bits per heavy atom. The van der Waals surface area contributed by atoms with Gasteiger partial charge in [-0.2, -0.15) is 0 Å². The maximum atomic E-state index is 11.9. The molecule has 0 aliphatic carbocycles. The number of carboxylic acids is 1. The zero-order chi connectivity index (χ0) is 16.2. The monoisotopic (exact) mass is 358 g/mol. The van der Waals surface area contributed by atoms with Crippen molar-refractivity contribution in [2.45, 2.75) is 26.7 Å². The van der Waals surface area contributed by atoms with Gasteiger partial charge in [-0.1, -0.05) is 13.8 Å². The number of hydrogen-bond acceptors (Lipinski definition) is 4. The minimum atomic E-state index is -0.982. The maximum absolute atomic E-state index is 11.9. The van der Waals surface area contributed by atoms with E-state index in [1.807, 2.05) is 0 Å². The van der Waals surface area contributed by atoms with Crippen LogP contribution >= 0.6 is 15.9 Å². The number of nitrogens with zero attached hydrogens (tertiary/aromatic N) is 1. The summed E-state index contributed by atoms with van der Waals surface area (Å²) in [7, 11) is 0. The molecule has 1 aromatic carbocycles. The molecule has 1 aromatic rings. The van der Waals surface area contributed by atoms with Crippen LogP contribution in [-0.2, 0) is 9.59 Å². The molecular weight excluding hydrogens is 344 g/mol. The van der Waals surface area contributed by atoms with Crippen LogP contribution in [0.4, 0.5) is 11.4 Å². The first kappa shape index (κ1) is 17.1. The van der Waals surface area contributed by atoms with E-state index in [9.17, 15) is 19.7 Å². The topological polar surface area (TPSA) is 110 Å². The summed E-state index contributed by atoms with van der Waals surface area (Å²) in [5, 5.41) is 22.0. The van der Waals surface area contributed by atoms with Crippen molar-refractivity contribution in [1.82, 2.24) is 0 Å². The number of nitro benzene ring substituents is 1. The summed E-state index contributed by atoms with van der Waals surface area (Å²) in [6, 6.07) is 4.02. The quantitative estimate of drug-likeness (QED) is 0.599. The van der Waals surface area contributed by atoms with Gasteiger partial charge in [0.2, 0.25) is 5.91 Å². The van der Waals surface area contributed by atoms with Crippen LogP contribution in [0.1, 0.15) is 26.7 Å². The Labute approximate surface area is 129 Å². The van der Waals surface area contributed by atoms with Gasteiger partial charge in [0.1, 0.15) is 0 Å². The fourth-order valence-corrected chi connectivity index (χ4v) is 2.17. The second-order valence-corrected chi connectivity index (χ2v) is 6.24. The van der Waals surface area contributed by atoms with E-state index < -0.39 is 22.2 Å². The molecule has 0 aliphatic heterocycles. The Hall–Kier alpha value is -1.96. The SMILES string of the molecule is CC(C)(CC(=O)O)CC(=O)Nc1cc([N+](=O)[O-])ccc1Br. The second kappa shape index (κ2) is 6.66. The summed E-state index contributed by atoms with van der Waals surface area (Å²) in [4.78, 5) is 32.8. The molecule has 0 saturated carbocycles. The van der Waals surface area contributed by atoms with Crippen molar-refractivity contribution in [3.8, 4) is 0 Å². The Balaban J connectivity index is 2.81. The number of carbonyl (C=O) groups excluding carboxylic acids is 1. The third kappa shape index (κ3) is 5.50. The zero-order valence-electron chi connectivity index (χ0n) is 11.6. The molecule has 0 radical (unpaired) electrons. The number of halogens is 1. The highest BCUT2D eigenvalue weighted by Crippen LogP contribution is 2.29. The molecular formula is C13H15BrN2O5. The molecule has 8 heteroatoms. The summed E-state index contributed by atoms with van der Waals surface area (Å²) in [6.45, 7) is 3.34. The van der Waals surface area contributed by atoms with Gasteiger partial charge in [-0.25, -0.2) is 0 Å². The molecule has 114 valence electrons. The number of anilines is 1. The number of nitro groups is 1. The average molecular weight is 359 g/mol. The van der Waals surface area contributed by atoms with Gasteiger partial charge in [0.15, 0.2) is 0 Å². The van der Waals surface area contributed by atoms with E-state index in [2.05, 4.69) is 21.2 Å². The minimum absolute atomic E-state index is 0.00552. The largest absolute Gasteiger partial charge is 0.481 e. The van der Waals surface area contributed by atoms with Gasteiger partial charge in [0.25, 0.3) is 5.69 Å². The van der Waals surface area contributed by atoms with Crippen molar-refractivity contribution in [2.75, 3.05) is 5.32 Å². The van der Waals surface area contributed by atoms with Crippen molar-refractivity contribution < 1.29 is 19.6 Å². The number of carboxylic acid groups (broad SMARTS) is 1. The molecule has 1 amide bonds. The van der Waals surface area contributed by atoms with E-state index in [0.29, 0.717) is 4.47 Å². The number of amides is 1. The van der Waals surface area contributed by atoms with Crippen molar-refractivity contribution in [2.24, 2.45) is 5.41 Å². The lowest BCUT2D eigenvalue weighted by molar-refractivity contribution is -0.384. The third-order valence-corrected chi connectivity index (χ3v) is 3.40. The Morgan fingerprint density at radius 3 is 2.52 bits per heavy atom. The lowest BCUT2D eigenvalue weighted by Gasteiger charge is -2.21. The van der Waals surface area contributed by atoms with Crippen LogP contribution in [0.25, 0.3) is 0 Å². The van der Waals surface area contributed by atoms with Crippen molar-refractivity contribution >= 4 is 39.2 Å². The number of non-ortho nitro benzene ring substituents is 1. The molecule has 0 aliphatic rings. The number of aliphatic carboxylic acids is 1. The van der Waals surface area contributed by atoms with E-state index in [1.165, 1.54) is 18.2 Å². The van der Waals surface area contributed by atoms with E-state index >= 15 is 0 Å². The number of benzene rings is 1. The highest BCUT2D eigenvalue weighted by Gasteiger charge is 2.25. The number of hydrogen-bond donors (Lipinski definition) is 2. The Morgan fingerprint density at radius 1 is 1.38 bits per heavy atom. The van der Waals surface area contributed by atoms with Crippen LogP contribution in [-0.4, -0.2) is 21.9 Å². The summed E-state index contributed by atoms with van der Waals surface area (Å²) in [6.07, 6.45) is -0.148. The second-order valence-electron chi connectivity index (χ2n) is 5.38. The van der Waals surface area contributed by atoms with Gasteiger partial charge < -0.3 is 10.4 Å². The van der Waals surface area contributed by atoms with Crippen LogP contribution in [0.15, 0.2) is 22.7 Å². The fourth-order valence-electron chi connectivity index (χ4n) is 1.82. The Bertz CT molecular complexity index is 586. The third-order valence-electron chi connectivity index (χ3n) is 2.70. The molecule has 0 bridgehead atoms. The first-order valence-electron chi connectivity index (χ1n) is 6.06. The molecule has 0 aromatic heterocycles. The van der Waals surface area contributed by atoms with Crippen LogP contribution in [0.2, 0.25) is 0 Å². The maximum Gasteiger partial charge on any atom is 0.303 e. The Kier molecular flexibility index (Phi) is 5.42. The summed E-state index contributed by atoms with van der Waals surface area (Å²) in [5.74, 6) is -1.38. The minimum Gasteiger partial charge on any atom is -0.481 e. The highest BCUT2D eigenvalue weighted by atomic mass is 79.9. The fraction of sp³-hybridized carbons (Fsp3) is 0.385. The lowest BCUT2D eigenvalue weighted by atomic mass is 9.85. The van der Waals surface area contributed by atoms with Crippen molar-refractivity contribution in [3.63, 3.8) is 0 Å². The number of rotatable bonds is 6. The van der Waals surface area contributed by atoms with E-state index in [4.69, 9.17) is 5.11 Å². The van der Waals surface area contributed by atoms with E-state index in [1.54, 1.807) is 13.8 Å². The highest BCUT2D eigenvalue weighted by molar-refractivity contribution is 9.10. The molecule has 2 N–H and O–H groups in total. The number of carbonyl (C=O) groups is 2. The predicted molar refractivity (Wildman–Crippen MR) is 80.1 cm³/mol. The molecule has 0 saturated heterocycles. The van der Waals surface area contributed by atoms with Gasteiger partial charge in [-0.05, 0) is 27.4 Å². The van der Waals surface area contributed by atoms with E-state index in [-0.39, 0.29) is 24.2 Å². The van der Waals surface area contributed by atoms with Crippen LogP contribution in [0.3, 0.4) is 0 Å². The van der Waals surface area contributed by atoms with Gasteiger partial charge >= 0.3 is 5.97 Å². The van der Waals surface area contributed by atoms with Crippen molar-refractivity contribution in [3.05, 3.63) is 32.8 Å². The molecule has 0 atom stereocenters. The first-order chi connectivity index (χ1) is 9.60. The zero-order valence-corrected chi connectivity index (χ0v) is 13.1. The van der Waals surface area contributed by atoms with E-state index in [0.717, 1.165) is 0 Å². The molecule has 21 heavy (non-hydrogen) atoms. The molecule has 7 nitrogen and oxygen atoms in total.